The highest BCUT2D eigenvalue weighted by Crippen LogP contribution is 2.33. The van der Waals surface area contributed by atoms with Crippen molar-refractivity contribution in [2.24, 2.45) is 0 Å². The molecule has 1 aromatic rings. The molecule has 0 N–H and O–H groups in total. The van der Waals surface area contributed by atoms with Crippen LogP contribution in [-0.2, 0) is 0 Å². The van der Waals surface area contributed by atoms with Crippen LogP contribution in [0.4, 0.5) is 0 Å². The summed E-state index contributed by atoms with van der Waals surface area (Å²) in [5.41, 5.74) is 0.419. The highest BCUT2D eigenvalue weighted by atomic mass is 14.2. The lowest BCUT2D eigenvalue weighted by molar-refractivity contribution is 0.723. The van der Waals surface area contributed by atoms with Gasteiger partial charge < -0.3 is 0 Å². The van der Waals surface area contributed by atoms with Crippen molar-refractivity contribution in [3.05, 3.63) is 35.9 Å². The number of rotatable bonds is 1. The lowest BCUT2D eigenvalue weighted by Crippen LogP contribution is -1.89. The van der Waals surface area contributed by atoms with Crippen molar-refractivity contribution in [3.63, 3.8) is 0 Å². The highest BCUT2D eigenvalue weighted by molar-refractivity contribution is 5.19. The topological polar surface area (TPSA) is 0 Å². The first kappa shape index (κ1) is 3.30. The molecular formula is C11H14. The summed E-state index contributed by atoms with van der Waals surface area (Å²) in [6, 6.07) is 8.49. The molecule has 0 unspecified atom stereocenters. The molecule has 58 valence electrons. The van der Waals surface area contributed by atoms with Gasteiger partial charge in [-0.25, -0.2) is 0 Å². The maximum atomic E-state index is 8.28. The van der Waals surface area contributed by atoms with Crippen molar-refractivity contribution in [2.45, 2.75) is 31.5 Å². The average Bonchev–Trinajstić information content (AvgIpc) is 2.41. The van der Waals surface area contributed by atoms with Gasteiger partial charge in [0.25, 0.3) is 0 Å². The van der Waals surface area contributed by atoms with E-state index in [9.17, 15) is 0 Å². The normalized spacial score (nSPS) is 37.6. The molecule has 0 amide bonds. The van der Waals surface area contributed by atoms with Gasteiger partial charge in [-0.15, -0.1) is 0 Å². The van der Waals surface area contributed by atoms with E-state index in [0.29, 0.717) is 5.56 Å². The molecule has 0 aromatic heterocycles. The van der Waals surface area contributed by atoms with Gasteiger partial charge in [0.15, 0.2) is 0 Å². The second-order valence-electron chi connectivity index (χ2n) is 2.59. The van der Waals surface area contributed by atoms with Gasteiger partial charge in [0.1, 0.15) is 0 Å². The molecule has 0 radical (unpaired) electrons. The maximum absolute atomic E-state index is 8.28. The van der Waals surface area contributed by atoms with E-state index in [2.05, 4.69) is 0 Å². The summed E-state index contributed by atoms with van der Waals surface area (Å²) in [5, 5.41) is 0. The Morgan fingerprint density at radius 2 is 1.82 bits per heavy atom. The van der Waals surface area contributed by atoms with E-state index in [4.69, 9.17) is 6.85 Å². The molecule has 0 heterocycles. The lowest BCUT2D eigenvalue weighted by atomic mass is 9.98. The van der Waals surface area contributed by atoms with Crippen LogP contribution < -0.4 is 0 Å². The van der Waals surface area contributed by atoms with Crippen LogP contribution in [0.15, 0.2) is 30.3 Å². The average molecular weight is 151 g/mol. The zero-order chi connectivity index (χ0) is 12.0. The third kappa shape index (κ3) is 1.45. The summed E-state index contributed by atoms with van der Waals surface area (Å²) in [6.07, 6.45) is -3.45. The Balaban J connectivity index is 2.58. The molecule has 0 aliphatic heterocycles. The van der Waals surface area contributed by atoms with Crippen LogP contribution in [0.1, 0.15) is 43.9 Å². The van der Waals surface area contributed by atoms with Crippen LogP contribution in [-0.4, -0.2) is 0 Å². The largest absolute Gasteiger partial charge is 0.0622 e. The van der Waals surface area contributed by atoms with Gasteiger partial charge in [-0.05, 0) is 24.2 Å². The zero-order valence-electron chi connectivity index (χ0n) is 11.3. The van der Waals surface area contributed by atoms with E-state index >= 15 is 0 Å². The minimum absolute atomic E-state index is 0.0956. The minimum atomic E-state index is -1.82. The standard InChI is InChI=1S/C11H14/c1-2-6-10(7-3-1)11-8-4-5-9-11/h1-3,6-7,11H,4-5,8-9H2/i8D2,9D2,11D. The summed E-state index contributed by atoms with van der Waals surface area (Å²) in [5.74, 6) is -1.80. The summed E-state index contributed by atoms with van der Waals surface area (Å²) >= 11 is 0. The molecule has 0 bridgehead atoms. The van der Waals surface area contributed by atoms with Crippen LogP contribution in [0.3, 0.4) is 0 Å². The zero-order valence-corrected chi connectivity index (χ0v) is 6.30. The van der Waals surface area contributed by atoms with E-state index in [-0.39, 0.29) is 12.8 Å². The van der Waals surface area contributed by atoms with Gasteiger partial charge in [-0.1, -0.05) is 43.2 Å². The minimum Gasteiger partial charge on any atom is -0.0622 e. The van der Waals surface area contributed by atoms with Gasteiger partial charge in [0.05, 0.1) is 0 Å². The fourth-order valence-corrected chi connectivity index (χ4v) is 1.25. The number of benzene rings is 1. The molecule has 1 saturated carbocycles. The van der Waals surface area contributed by atoms with E-state index in [1.807, 2.05) is 0 Å². The molecule has 11 heavy (non-hydrogen) atoms. The van der Waals surface area contributed by atoms with E-state index < -0.39 is 18.6 Å². The number of hydrogen-bond donors (Lipinski definition) is 0. The monoisotopic (exact) mass is 151 g/mol. The third-order valence-corrected chi connectivity index (χ3v) is 1.79. The Hall–Kier alpha value is -0.780. The van der Waals surface area contributed by atoms with E-state index in [1.165, 1.54) is 0 Å². The molecule has 0 atom stereocenters. The Morgan fingerprint density at radius 3 is 2.45 bits per heavy atom. The van der Waals surface area contributed by atoms with Crippen LogP contribution in [0.5, 0.6) is 0 Å². The van der Waals surface area contributed by atoms with Gasteiger partial charge in [0.2, 0.25) is 0 Å². The molecule has 0 saturated heterocycles. The predicted molar refractivity (Wildman–Crippen MR) is 47.7 cm³/mol. The van der Waals surface area contributed by atoms with Crippen molar-refractivity contribution in [1.29, 1.82) is 0 Å². The molecule has 0 heteroatoms. The Labute approximate surface area is 75.3 Å². The predicted octanol–water partition coefficient (Wildman–Crippen LogP) is 3.34. The van der Waals surface area contributed by atoms with Gasteiger partial charge >= 0.3 is 0 Å². The second-order valence-corrected chi connectivity index (χ2v) is 2.59. The lowest BCUT2D eigenvalue weighted by Gasteiger charge is -2.07. The van der Waals surface area contributed by atoms with E-state index in [0.717, 1.165) is 0 Å². The molecule has 1 aromatic carbocycles. The molecule has 1 aliphatic rings. The maximum Gasteiger partial charge on any atom is 0.0352 e. The number of hydrogen-bond acceptors (Lipinski definition) is 0. The molecule has 0 nitrogen and oxygen atoms in total. The van der Waals surface area contributed by atoms with Crippen molar-refractivity contribution in [3.8, 4) is 0 Å². The quantitative estimate of drug-likeness (QED) is 0.577. The third-order valence-electron chi connectivity index (χ3n) is 1.79. The first-order chi connectivity index (χ1) is 7.31. The van der Waals surface area contributed by atoms with Gasteiger partial charge in [0, 0.05) is 6.85 Å². The first-order valence-corrected chi connectivity index (χ1v) is 3.87. The molecule has 2 rings (SSSR count). The van der Waals surface area contributed by atoms with Gasteiger partial charge in [-0.3, -0.25) is 0 Å². The van der Waals surface area contributed by atoms with Crippen molar-refractivity contribution in [1.82, 2.24) is 0 Å². The summed E-state index contributed by atoms with van der Waals surface area (Å²) in [7, 11) is 0. The Kier molecular flexibility index (Phi) is 0.925. The molecule has 0 spiro atoms. The fraction of sp³-hybridized carbons (Fsp3) is 0.455. The van der Waals surface area contributed by atoms with Crippen molar-refractivity contribution < 1.29 is 6.85 Å². The Bertz CT molecular complexity index is 369. The Morgan fingerprint density at radius 1 is 1.18 bits per heavy atom. The van der Waals surface area contributed by atoms with Gasteiger partial charge in [-0.2, -0.15) is 0 Å². The highest BCUT2D eigenvalue weighted by Gasteiger charge is 2.15. The van der Waals surface area contributed by atoms with E-state index in [1.54, 1.807) is 30.3 Å². The van der Waals surface area contributed by atoms with Crippen LogP contribution in [0, 0.1) is 0 Å². The SMILES string of the molecule is [2H]C1([2H])CCC([2H])([2H])C1([2H])c1ccccc1. The molecule has 1 fully saturated rings. The summed E-state index contributed by atoms with van der Waals surface area (Å²) in [6.45, 7) is 0. The van der Waals surface area contributed by atoms with Crippen LogP contribution in [0.25, 0.3) is 0 Å². The molecular weight excluding hydrogens is 132 g/mol. The summed E-state index contributed by atoms with van der Waals surface area (Å²) in [4.78, 5) is 0. The first-order valence-electron chi connectivity index (χ1n) is 6.37. The molecule has 1 aliphatic carbocycles. The second kappa shape index (κ2) is 3.08. The van der Waals surface area contributed by atoms with Crippen molar-refractivity contribution >= 4 is 0 Å². The van der Waals surface area contributed by atoms with Crippen LogP contribution >= 0.6 is 0 Å². The van der Waals surface area contributed by atoms with Crippen LogP contribution in [0.2, 0.25) is 0 Å². The summed E-state index contributed by atoms with van der Waals surface area (Å²) < 4.78 is 39.8. The van der Waals surface area contributed by atoms with Crippen molar-refractivity contribution in [2.75, 3.05) is 0 Å². The smallest absolute Gasteiger partial charge is 0.0352 e. The fourth-order valence-electron chi connectivity index (χ4n) is 1.25.